The van der Waals surface area contributed by atoms with E-state index < -0.39 is 23.6 Å². The van der Waals surface area contributed by atoms with E-state index in [1.807, 2.05) is 18.2 Å². The predicted octanol–water partition coefficient (Wildman–Crippen LogP) is 3.56. The summed E-state index contributed by atoms with van der Waals surface area (Å²) in [6.07, 6.45) is 5.88. The molecule has 1 saturated carbocycles. The van der Waals surface area contributed by atoms with Crippen molar-refractivity contribution in [2.45, 2.75) is 77.5 Å². The maximum absolute atomic E-state index is 12.7. The standard InChI is InChI=1S/C20H31N3O3/c1-20(2,3)26-19(25)23-17(13-15-9-5-4-6-10-15)18(24)22-14-16-11-7-8-12-21-16/h7-8,11-12,15,17H,4-6,9-10,13-14H2,1-3H3,(H,22,24)(H,23,25)/t17-/m0/s1/i15D. The molecule has 1 heterocycles. The van der Waals surface area contributed by atoms with Gasteiger partial charge in [-0.05, 0) is 45.2 Å². The zero-order chi connectivity index (χ0) is 19.9. The van der Waals surface area contributed by atoms with Gasteiger partial charge in [-0.1, -0.05) is 38.2 Å². The fourth-order valence-corrected chi connectivity index (χ4v) is 3.01. The van der Waals surface area contributed by atoms with Crippen LogP contribution in [0, 0.1) is 5.89 Å². The monoisotopic (exact) mass is 362 g/mol. The van der Waals surface area contributed by atoms with Gasteiger partial charge in [-0.3, -0.25) is 9.78 Å². The second-order valence-electron chi connectivity index (χ2n) is 7.75. The Morgan fingerprint density at radius 1 is 1.31 bits per heavy atom. The molecule has 26 heavy (non-hydrogen) atoms. The van der Waals surface area contributed by atoms with Gasteiger partial charge in [0, 0.05) is 7.57 Å². The first-order valence-corrected chi connectivity index (χ1v) is 9.34. The molecule has 0 radical (unpaired) electrons. The molecule has 6 nitrogen and oxygen atoms in total. The molecule has 1 aliphatic rings. The molecule has 0 unspecified atom stereocenters. The first kappa shape index (κ1) is 18.7. The highest BCUT2D eigenvalue weighted by molar-refractivity contribution is 5.85. The van der Waals surface area contributed by atoms with Crippen molar-refractivity contribution in [2.75, 3.05) is 0 Å². The van der Waals surface area contributed by atoms with Gasteiger partial charge in [-0.25, -0.2) is 4.79 Å². The summed E-state index contributed by atoms with van der Waals surface area (Å²) in [6.45, 7) is 5.60. The Morgan fingerprint density at radius 3 is 2.65 bits per heavy atom. The zero-order valence-electron chi connectivity index (χ0n) is 17.0. The number of hydrogen-bond acceptors (Lipinski definition) is 4. The Balaban J connectivity index is 2.02. The first-order chi connectivity index (χ1) is 12.7. The molecule has 2 amide bonds. The minimum Gasteiger partial charge on any atom is -0.444 e. The Kier molecular flexibility index (Phi) is 6.86. The molecule has 0 aliphatic heterocycles. The maximum atomic E-state index is 12.7. The molecule has 1 fully saturated rings. The lowest BCUT2D eigenvalue weighted by Crippen LogP contribution is -2.49. The van der Waals surface area contributed by atoms with E-state index in [2.05, 4.69) is 15.6 Å². The van der Waals surface area contributed by atoms with Crippen LogP contribution in [0.3, 0.4) is 0 Å². The van der Waals surface area contributed by atoms with Crippen LogP contribution in [0.5, 0.6) is 0 Å². The van der Waals surface area contributed by atoms with Crippen molar-refractivity contribution in [1.82, 2.24) is 15.6 Å². The normalized spacial score (nSPS) is 18.3. The number of carbonyl (C=O) groups excluding carboxylic acids is 2. The lowest BCUT2D eigenvalue weighted by atomic mass is 9.84. The van der Waals surface area contributed by atoms with Gasteiger partial charge in [0.15, 0.2) is 0 Å². The van der Waals surface area contributed by atoms with Crippen molar-refractivity contribution in [3.8, 4) is 0 Å². The van der Waals surface area contributed by atoms with Gasteiger partial charge < -0.3 is 15.4 Å². The highest BCUT2D eigenvalue weighted by Gasteiger charge is 2.27. The number of alkyl carbamates (subject to hydrolysis) is 1. The number of ether oxygens (including phenoxy) is 1. The number of rotatable bonds is 6. The molecule has 1 aromatic rings. The van der Waals surface area contributed by atoms with Crippen LogP contribution >= 0.6 is 0 Å². The molecule has 1 aromatic heterocycles. The second-order valence-corrected chi connectivity index (χ2v) is 7.75. The Labute approximate surface area is 157 Å². The first-order valence-electron chi connectivity index (χ1n) is 9.84. The predicted molar refractivity (Wildman–Crippen MR) is 100 cm³/mol. The molecule has 6 heteroatoms. The van der Waals surface area contributed by atoms with Crippen molar-refractivity contribution in [3.05, 3.63) is 30.1 Å². The van der Waals surface area contributed by atoms with Crippen molar-refractivity contribution in [2.24, 2.45) is 5.89 Å². The molecule has 2 N–H and O–H groups in total. The lowest BCUT2D eigenvalue weighted by molar-refractivity contribution is -0.123. The third kappa shape index (κ3) is 7.42. The van der Waals surface area contributed by atoms with Gasteiger partial charge in [-0.2, -0.15) is 0 Å². The quantitative estimate of drug-likeness (QED) is 0.811. The zero-order valence-corrected chi connectivity index (χ0v) is 16.0. The van der Waals surface area contributed by atoms with Gasteiger partial charge in [0.1, 0.15) is 11.6 Å². The van der Waals surface area contributed by atoms with Gasteiger partial charge in [0.05, 0.1) is 12.2 Å². The largest absolute Gasteiger partial charge is 0.444 e. The average Bonchev–Trinajstić information content (AvgIpc) is 2.59. The summed E-state index contributed by atoms with van der Waals surface area (Å²) >= 11 is 0. The van der Waals surface area contributed by atoms with Crippen molar-refractivity contribution in [1.29, 1.82) is 0 Å². The van der Waals surface area contributed by atoms with Crippen LogP contribution in [-0.2, 0) is 16.1 Å². The number of aromatic nitrogens is 1. The SMILES string of the molecule is [2H]C1(C[C@H](NC(=O)OC(C)(C)C)C(=O)NCc2ccccn2)CCCCC1. The van der Waals surface area contributed by atoms with Crippen LogP contribution < -0.4 is 10.6 Å². The minimum absolute atomic E-state index is 0.275. The Bertz CT molecular complexity index is 625. The van der Waals surface area contributed by atoms with E-state index in [-0.39, 0.29) is 18.9 Å². The van der Waals surface area contributed by atoms with Crippen LogP contribution in [0.15, 0.2) is 24.4 Å². The van der Waals surface area contributed by atoms with Gasteiger partial charge in [0.25, 0.3) is 0 Å². The molecule has 1 aliphatic carbocycles. The molecule has 0 aromatic carbocycles. The number of amides is 2. The smallest absolute Gasteiger partial charge is 0.408 e. The Morgan fingerprint density at radius 2 is 2.04 bits per heavy atom. The molecule has 0 bridgehead atoms. The number of nitrogens with one attached hydrogen (secondary N) is 2. The molecule has 2 rings (SSSR count). The van der Waals surface area contributed by atoms with Crippen molar-refractivity contribution >= 4 is 12.0 Å². The minimum atomic E-state index is -0.806. The van der Waals surface area contributed by atoms with E-state index in [0.717, 1.165) is 37.8 Å². The topological polar surface area (TPSA) is 80.3 Å². The van der Waals surface area contributed by atoms with Crippen LogP contribution in [0.4, 0.5) is 4.79 Å². The van der Waals surface area contributed by atoms with E-state index in [9.17, 15) is 9.59 Å². The number of carbonyl (C=O) groups is 2. The van der Waals surface area contributed by atoms with Crippen LogP contribution in [-0.4, -0.2) is 28.6 Å². The highest BCUT2D eigenvalue weighted by Crippen LogP contribution is 2.27. The van der Waals surface area contributed by atoms with E-state index in [1.54, 1.807) is 27.0 Å². The van der Waals surface area contributed by atoms with Gasteiger partial charge >= 0.3 is 6.09 Å². The van der Waals surface area contributed by atoms with Gasteiger partial charge in [0.2, 0.25) is 5.91 Å². The molecule has 1 atom stereocenters. The summed E-state index contributed by atoms with van der Waals surface area (Å²) in [4.78, 5) is 29.1. The fourth-order valence-electron chi connectivity index (χ4n) is 3.01. The van der Waals surface area contributed by atoms with E-state index >= 15 is 0 Å². The highest BCUT2D eigenvalue weighted by atomic mass is 16.6. The molecule has 0 saturated heterocycles. The fraction of sp³-hybridized carbons (Fsp3) is 0.650. The van der Waals surface area contributed by atoms with Crippen LogP contribution in [0.1, 0.15) is 66.4 Å². The number of nitrogens with zero attached hydrogens (tertiary/aromatic N) is 1. The summed E-state index contributed by atoms with van der Waals surface area (Å²) in [5.74, 6) is -1.01. The average molecular weight is 362 g/mol. The lowest BCUT2D eigenvalue weighted by Gasteiger charge is -2.27. The van der Waals surface area contributed by atoms with Crippen molar-refractivity contribution in [3.63, 3.8) is 0 Å². The summed E-state index contributed by atoms with van der Waals surface area (Å²) in [7, 11) is 0. The molecule has 0 spiro atoms. The van der Waals surface area contributed by atoms with Gasteiger partial charge in [-0.15, -0.1) is 0 Å². The Hall–Kier alpha value is -2.11. The van der Waals surface area contributed by atoms with E-state index in [1.165, 1.54) is 0 Å². The molecular formula is C20H31N3O3. The number of hydrogen-bond donors (Lipinski definition) is 2. The second kappa shape index (κ2) is 9.55. The third-order valence-electron chi connectivity index (χ3n) is 4.23. The third-order valence-corrected chi connectivity index (χ3v) is 4.23. The van der Waals surface area contributed by atoms with Crippen LogP contribution in [0.25, 0.3) is 0 Å². The summed E-state index contributed by atoms with van der Waals surface area (Å²) < 4.78 is 14.0. The summed E-state index contributed by atoms with van der Waals surface area (Å²) in [5.41, 5.74) is 0.0860. The van der Waals surface area contributed by atoms with E-state index in [0.29, 0.717) is 0 Å². The molecular weight excluding hydrogens is 330 g/mol. The van der Waals surface area contributed by atoms with Crippen molar-refractivity contribution < 1.29 is 15.7 Å². The van der Waals surface area contributed by atoms with Crippen LogP contribution in [0.2, 0.25) is 0 Å². The maximum Gasteiger partial charge on any atom is 0.408 e. The summed E-state index contributed by atoms with van der Waals surface area (Å²) in [5, 5.41) is 5.49. The molecule has 144 valence electrons. The van der Waals surface area contributed by atoms with E-state index in [4.69, 9.17) is 6.11 Å². The number of pyridine rings is 1. The summed E-state index contributed by atoms with van der Waals surface area (Å²) in [6, 6.07) is 4.68.